The first-order chi connectivity index (χ1) is 14.3. The van der Waals surface area contributed by atoms with Crippen LogP contribution in [0.15, 0.2) is 46.6 Å². The molecule has 0 unspecified atom stereocenters. The summed E-state index contributed by atoms with van der Waals surface area (Å²) in [4.78, 5) is 29.5. The van der Waals surface area contributed by atoms with Crippen molar-refractivity contribution in [3.8, 4) is 11.3 Å². The fraction of sp³-hybridized carbons (Fsp3) is 0.217. The number of carbonyl (C=O) groups is 1. The summed E-state index contributed by atoms with van der Waals surface area (Å²) in [6.07, 6.45) is 0.0617. The molecule has 1 amide bonds. The number of nitrogens with zero attached hydrogens (tertiary/aromatic N) is 3. The molecule has 4 aromatic rings. The third-order valence-corrected chi connectivity index (χ3v) is 5.99. The number of aryl methyl sites for hydroxylation is 4. The number of hydrogen-bond acceptors (Lipinski definition) is 5. The van der Waals surface area contributed by atoms with Crippen molar-refractivity contribution in [2.45, 2.75) is 27.2 Å². The van der Waals surface area contributed by atoms with Crippen LogP contribution in [-0.2, 0) is 18.3 Å². The van der Waals surface area contributed by atoms with E-state index in [0.29, 0.717) is 21.6 Å². The molecule has 4 rings (SSSR count). The summed E-state index contributed by atoms with van der Waals surface area (Å²) in [5.74, 6) is -0.219. The Kier molecular flexibility index (Phi) is 5.22. The molecule has 7 heteroatoms. The third kappa shape index (κ3) is 3.76. The highest BCUT2D eigenvalue weighted by atomic mass is 32.1. The van der Waals surface area contributed by atoms with Crippen LogP contribution in [0.1, 0.15) is 22.4 Å². The van der Waals surface area contributed by atoms with Gasteiger partial charge in [0.05, 0.1) is 23.2 Å². The Bertz CT molecular complexity index is 1340. The van der Waals surface area contributed by atoms with Gasteiger partial charge in [-0.1, -0.05) is 24.3 Å². The summed E-state index contributed by atoms with van der Waals surface area (Å²) >= 11 is 1.39. The number of amides is 1. The van der Waals surface area contributed by atoms with Crippen molar-refractivity contribution >= 4 is 33.1 Å². The molecule has 0 aliphatic heterocycles. The fourth-order valence-corrected chi connectivity index (χ4v) is 4.24. The van der Waals surface area contributed by atoms with Crippen LogP contribution in [0, 0.1) is 20.8 Å². The molecule has 0 aliphatic carbocycles. The predicted molar refractivity (Wildman–Crippen MR) is 121 cm³/mol. The van der Waals surface area contributed by atoms with Crippen LogP contribution in [0.3, 0.4) is 0 Å². The summed E-state index contributed by atoms with van der Waals surface area (Å²) in [5.41, 5.74) is 5.91. The average Bonchev–Trinajstić information content (AvgIpc) is 3.16. The third-order valence-electron chi connectivity index (χ3n) is 5.23. The Morgan fingerprint density at radius 3 is 2.53 bits per heavy atom. The fourth-order valence-electron chi connectivity index (χ4n) is 3.51. The maximum absolute atomic E-state index is 12.7. The number of aromatic nitrogens is 3. The van der Waals surface area contributed by atoms with Crippen LogP contribution in [0.25, 0.3) is 22.0 Å². The molecule has 6 nitrogen and oxygen atoms in total. The molecule has 0 saturated carbocycles. The number of carbonyl (C=O) groups excluding carboxylic acids is 1. The number of rotatable bonds is 4. The highest BCUT2D eigenvalue weighted by molar-refractivity contribution is 7.14. The Morgan fingerprint density at radius 1 is 1.07 bits per heavy atom. The van der Waals surface area contributed by atoms with E-state index in [0.717, 1.165) is 16.8 Å². The Labute approximate surface area is 178 Å². The second-order valence-electron chi connectivity index (χ2n) is 7.44. The lowest BCUT2D eigenvalue weighted by Gasteiger charge is -2.08. The van der Waals surface area contributed by atoms with Gasteiger partial charge < -0.3 is 5.32 Å². The van der Waals surface area contributed by atoms with Gasteiger partial charge in [0.2, 0.25) is 5.91 Å². The number of hydrogen-bond donors (Lipinski definition) is 1. The number of nitrogens with one attached hydrogen (secondary N) is 1. The van der Waals surface area contributed by atoms with Gasteiger partial charge in [0, 0.05) is 23.4 Å². The highest BCUT2D eigenvalue weighted by Gasteiger charge is 2.15. The van der Waals surface area contributed by atoms with Crippen molar-refractivity contribution in [2.24, 2.45) is 7.05 Å². The lowest BCUT2D eigenvalue weighted by molar-refractivity contribution is -0.115. The van der Waals surface area contributed by atoms with Crippen molar-refractivity contribution in [1.82, 2.24) is 14.8 Å². The van der Waals surface area contributed by atoms with Crippen LogP contribution in [0.2, 0.25) is 0 Å². The summed E-state index contributed by atoms with van der Waals surface area (Å²) in [5, 5.41) is 10.9. The summed E-state index contributed by atoms with van der Waals surface area (Å²) in [6.45, 7) is 6.24. The van der Waals surface area contributed by atoms with E-state index in [1.54, 1.807) is 19.2 Å². The molecule has 2 aromatic carbocycles. The van der Waals surface area contributed by atoms with Gasteiger partial charge in [-0.05, 0) is 49.6 Å². The van der Waals surface area contributed by atoms with Crippen molar-refractivity contribution < 1.29 is 4.79 Å². The van der Waals surface area contributed by atoms with E-state index in [1.165, 1.54) is 27.1 Å². The monoisotopic (exact) mass is 418 g/mol. The Hall–Kier alpha value is -3.32. The smallest absolute Gasteiger partial charge is 0.274 e. The Balaban J connectivity index is 1.57. The molecule has 2 aromatic heterocycles. The van der Waals surface area contributed by atoms with Crippen molar-refractivity contribution in [3.63, 3.8) is 0 Å². The number of thiazole rings is 1. The minimum Gasteiger partial charge on any atom is -0.302 e. The van der Waals surface area contributed by atoms with E-state index in [2.05, 4.69) is 48.3 Å². The van der Waals surface area contributed by atoms with Gasteiger partial charge >= 0.3 is 0 Å². The van der Waals surface area contributed by atoms with E-state index in [9.17, 15) is 9.59 Å². The molecule has 0 radical (unpaired) electrons. The van der Waals surface area contributed by atoms with Gasteiger partial charge in [-0.2, -0.15) is 5.10 Å². The van der Waals surface area contributed by atoms with Crippen LogP contribution in [-0.4, -0.2) is 20.7 Å². The maximum Gasteiger partial charge on any atom is 0.274 e. The molecule has 152 valence electrons. The van der Waals surface area contributed by atoms with Crippen LogP contribution < -0.4 is 10.9 Å². The minimum atomic E-state index is -0.219. The van der Waals surface area contributed by atoms with E-state index in [1.807, 2.05) is 17.5 Å². The van der Waals surface area contributed by atoms with Gasteiger partial charge in [0.1, 0.15) is 0 Å². The molecule has 0 spiro atoms. The maximum atomic E-state index is 12.7. The molecule has 2 heterocycles. The molecule has 0 aliphatic rings. The number of anilines is 1. The molecule has 0 bridgehead atoms. The van der Waals surface area contributed by atoms with Crippen LogP contribution >= 0.6 is 11.3 Å². The van der Waals surface area contributed by atoms with Gasteiger partial charge in [-0.15, -0.1) is 11.3 Å². The normalized spacial score (nSPS) is 11.1. The largest absolute Gasteiger partial charge is 0.302 e. The van der Waals surface area contributed by atoms with Crippen molar-refractivity contribution in [2.75, 3.05) is 5.32 Å². The predicted octanol–water partition coefficient (Wildman–Crippen LogP) is 4.16. The number of benzene rings is 2. The molecular weight excluding hydrogens is 396 g/mol. The van der Waals surface area contributed by atoms with E-state index in [4.69, 9.17) is 0 Å². The van der Waals surface area contributed by atoms with Crippen molar-refractivity contribution in [1.29, 1.82) is 0 Å². The van der Waals surface area contributed by atoms with Crippen LogP contribution in [0.5, 0.6) is 0 Å². The molecular formula is C23H22N4O2S. The average molecular weight is 419 g/mol. The molecule has 1 N–H and O–H groups in total. The zero-order valence-electron chi connectivity index (χ0n) is 17.3. The zero-order chi connectivity index (χ0) is 21.4. The summed E-state index contributed by atoms with van der Waals surface area (Å²) < 4.78 is 1.27. The van der Waals surface area contributed by atoms with Gasteiger partial charge in [-0.25, -0.2) is 9.67 Å². The van der Waals surface area contributed by atoms with Gasteiger partial charge in [0.15, 0.2) is 5.13 Å². The first-order valence-electron chi connectivity index (χ1n) is 9.62. The highest BCUT2D eigenvalue weighted by Crippen LogP contribution is 2.29. The van der Waals surface area contributed by atoms with Crippen molar-refractivity contribution in [3.05, 3.63) is 74.5 Å². The van der Waals surface area contributed by atoms with E-state index in [-0.39, 0.29) is 17.9 Å². The lowest BCUT2D eigenvalue weighted by atomic mass is 9.99. The SMILES string of the molecule is Cc1cc(C)c(-c2csc(NC(=O)Cc3nn(C)c(=O)c4ccccc34)n2)cc1C. The second-order valence-corrected chi connectivity index (χ2v) is 8.29. The molecule has 0 fully saturated rings. The topological polar surface area (TPSA) is 76.9 Å². The molecule has 0 atom stereocenters. The second kappa shape index (κ2) is 7.84. The van der Waals surface area contributed by atoms with Gasteiger partial charge in [-0.3, -0.25) is 9.59 Å². The first kappa shape index (κ1) is 20.0. The van der Waals surface area contributed by atoms with E-state index >= 15 is 0 Å². The molecule has 0 saturated heterocycles. The van der Waals surface area contributed by atoms with Gasteiger partial charge in [0.25, 0.3) is 5.56 Å². The lowest BCUT2D eigenvalue weighted by Crippen LogP contribution is -2.24. The Morgan fingerprint density at radius 2 is 1.77 bits per heavy atom. The van der Waals surface area contributed by atoms with Crippen LogP contribution in [0.4, 0.5) is 5.13 Å². The molecule has 30 heavy (non-hydrogen) atoms. The van der Waals surface area contributed by atoms with E-state index < -0.39 is 0 Å². The summed E-state index contributed by atoms with van der Waals surface area (Å²) in [6, 6.07) is 11.5. The summed E-state index contributed by atoms with van der Waals surface area (Å²) in [7, 11) is 1.59. The standard InChI is InChI=1S/C23H22N4O2S/c1-13-9-15(3)18(10-14(13)2)20-12-30-23(24-20)25-21(28)11-19-16-7-5-6-8-17(16)22(29)27(4)26-19/h5-10,12H,11H2,1-4H3,(H,24,25,28). The quantitative estimate of drug-likeness (QED) is 0.540. The number of fused-ring (bicyclic) bond motifs is 1. The first-order valence-corrected chi connectivity index (χ1v) is 10.5. The zero-order valence-corrected chi connectivity index (χ0v) is 18.1. The minimum absolute atomic E-state index is 0.0617.